The van der Waals surface area contributed by atoms with Crippen molar-refractivity contribution in [2.75, 3.05) is 12.3 Å². The molecule has 28 heavy (non-hydrogen) atoms. The average molecular weight is 442 g/mol. The topological polar surface area (TPSA) is 103 Å². The van der Waals surface area contributed by atoms with Crippen molar-refractivity contribution in [3.63, 3.8) is 0 Å². The minimum atomic E-state index is -0.262. The fourth-order valence-corrected chi connectivity index (χ4v) is 4.52. The number of benzene rings is 1. The second-order valence-electron chi connectivity index (χ2n) is 6.90. The van der Waals surface area contributed by atoms with Crippen LogP contribution < -0.4 is 5.73 Å². The highest BCUT2D eigenvalue weighted by atomic mass is 79.9. The van der Waals surface area contributed by atoms with Gasteiger partial charge in [0.25, 0.3) is 11.8 Å². The Labute approximate surface area is 168 Å². The summed E-state index contributed by atoms with van der Waals surface area (Å²) in [4.78, 5) is 34.8. The number of carbonyl (C=O) groups is 2. The van der Waals surface area contributed by atoms with Gasteiger partial charge in [0.2, 0.25) is 0 Å². The van der Waals surface area contributed by atoms with Crippen LogP contribution in [0.2, 0.25) is 0 Å². The predicted molar refractivity (Wildman–Crippen MR) is 105 cm³/mol. The van der Waals surface area contributed by atoms with Crippen LogP contribution in [0.4, 0.5) is 5.82 Å². The van der Waals surface area contributed by atoms with E-state index in [1.165, 1.54) is 11.2 Å². The van der Waals surface area contributed by atoms with Crippen LogP contribution in [0.3, 0.4) is 0 Å². The smallest absolute Gasteiger partial charge is 0.261 e. The molecule has 8 nitrogen and oxygen atoms in total. The molecule has 1 saturated heterocycles. The van der Waals surface area contributed by atoms with Gasteiger partial charge in [0, 0.05) is 10.7 Å². The summed E-state index contributed by atoms with van der Waals surface area (Å²) in [7, 11) is 0. The van der Waals surface area contributed by atoms with Gasteiger partial charge in [-0.15, -0.1) is 0 Å². The molecule has 2 aliphatic heterocycles. The van der Waals surface area contributed by atoms with Crippen molar-refractivity contribution in [1.29, 1.82) is 0 Å². The number of aromatic nitrogens is 3. The molecule has 9 heteroatoms. The van der Waals surface area contributed by atoms with E-state index >= 15 is 0 Å². The van der Waals surface area contributed by atoms with Crippen LogP contribution in [0.5, 0.6) is 0 Å². The van der Waals surface area contributed by atoms with Crippen molar-refractivity contribution >= 4 is 44.6 Å². The highest BCUT2D eigenvalue weighted by Gasteiger charge is 2.38. The molecule has 2 aromatic heterocycles. The molecule has 4 heterocycles. The van der Waals surface area contributed by atoms with Crippen molar-refractivity contribution in [2.45, 2.75) is 25.2 Å². The molecule has 2 aliphatic rings. The van der Waals surface area contributed by atoms with E-state index < -0.39 is 0 Å². The van der Waals surface area contributed by atoms with Crippen molar-refractivity contribution in [3.05, 3.63) is 52.4 Å². The summed E-state index contributed by atoms with van der Waals surface area (Å²) in [6, 6.07) is 6.89. The minimum Gasteiger partial charge on any atom is -0.383 e. The van der Waals surface area contributed by atoms with Crippen LogP contribution >= 0.6 is 15.9 Å². The van der Waals surface area contributed by atoms with Crippen LogP contribution in [-0.4, -0.2) is 43.9 Å². The van der Waals surface area contributed by atoms with Crippen LogP contribution in [0.25, 0.3) is 11.0 Å². The number of nitrogen functional groups attached to an aromatic ring is 1. The van der Waals surface area contributed by atoms with E-state index in [0.29, 0.717) is 22.6 Å². The Kier molecular flexibility index (Phi) is 3.95. The molecule has 5 rings (SSSR count). The fraction of sp³-hybridized carbons (Fsp3) is 0.263. The predicted octanol–water partition coefficient (Wildman–Crippen LogP) is 2.75. The zero-order chi connectivity index (χ0) is 19.4. The summed E-state index contributed by atoms with van der Waals surface area (Å²) in [5.41, 5.74) is 7.55. The minimum absolute atomic E-state index is 0.234. The zero-order valence-corrected chi connectivity index (χ0v) is 16.3. The van der Waals surface area contributed by atoms with E-state index in [0.717, 1.165) is 22.7 Å². The highest BCUT2D eigenvalue weighted by molar-refractivity contribution is 9.10. The van der Waals surface area contributed by atoms with Crippen molar-refractivity contribution < 1.29 is 14.3 Å². The second kappa shape index (κ2) is 6.39. The number of nitrogens with zero attached hydrogens (tertiary/aromatic N) is 4. The van der Waals surface area contributed by atoms with Gasteiger partial charge in [-0.3, -0.25) is 14.5 Å². The lowest BCUT2D eigenvalue weighted by molar-refractivity contribution is -0.00741. The highest BCUT2D eigenvalue weighted by Crippen LogP contribution is 2.36. The molecule has 1 fully saturated rings. The molecule has 1 aromatic carbocycles. The molecule has 0 saturated carbocycles. The van der Waals surface area contributed by atoms with E-state index in [4.69, 9.17) is 10.5 Å². The van der Waals surface area contributed by atoms with Gasteiger partial charge < -0.3 is 15.0 Å². The van der Waals surface area contributed by atoms with Gasteiger partial charge in [-0.2, -0.15) is 0 Å². The molecule has 142 valence electrons. The maximum atomic E-state index is 12.6. The Balaban J connectivity index is 1.36. The number of fused-ring (bicyclic) bond motifs is 2. The molecular formula is C19H16BrN5O3. The molecule has 0 radical (unpaired) electrons. The molecule has 2 N–H and O–H groups in total. The zero-order valence-electron chi connectivity index (χ0n) is 14.7. The van der Waals surface area contributed by atoms with Crippen molar-refractivity contribution in [2.24, 2.45) is 0 Å². The third-order valence-electron chi connectivity index (χ3n) is 5.25. The van der Waals surface area contributed by atoms with Gasteiger partial charge in [-0.1, -0.05) is 12.1 Å². The summed E-state index contributed by atoms with van der Waals surface area (Å²) in [6.45, 7) is 0.236. The summed E-state index contributed by atoms with van der Waals surface area (Å²) in [6.07, 6.45) is 4.30. The van der Waals surface area contributed by atoms with Gasteiger partial charge in [-0.05, 0) is 40.9 Å². The van der Waals surface area contributed by atoms with Gasteiger partial charge in [0.05, 0.1) is 29.2 Å². The van der Waals surface area contributed by atoms with Crippen molar-refractivity contribution in [1.82, 2.24) is 19.4 Å². The van der Waals surface area contributed by atoms with E-state index in [1.54, 1.807) is 24.3 Å². The molecule has 0 aliphatic carbocycles. The maximum Gasteiger partial charge on any atom is 0.261 e. The van der Waals surface area contributed by atoms with E-state index in [-0.39, 0.29) is 30.7 Å². The SMILES string of the molecule is Nc1ncnc2c1c(Br)cn2C1CCC(CN2C(=O)c3ccccc3C2=O)O1. The largest absolute Gasteiger partial charge is 0.383 e. The van der Waals surface area contributed by atoms with Gasteiger partial charge in [0.1, 0.15) is 24.0 Å². The van der Waals surface area contributed by atoms with E-state index in [9.17, 15) is 9.59 Å². The average Bonchev–Trinajstić information content (AvgIpc) is 3.35. The standard InChI is InChI=1S/C19H16BrN5O3/c20-13-8-24(17-15(13)16(21)22-9-23-17)14-6-5-10(28-14)7-25-18(26)11-3-1-2-4-12(11)19(25)27/h1-4,8-10,14H,5-7H2,(H2,21,22,23). The number of halogens is 1. The number of hydrogen-bond acceptors (Lipinski definition) is 6. The van der Waals surface area contributed by atoms with E-state index in [2.05, 4.69) is 25.9 Å². The number of anilines is 1. The fourth-order valence-electron chi connectivity index (χ4n) is 3.92. The molecule has 3 aromatic rings. The summed E-state index contributed by atoms with van der Waals surface area (Å²) >= 11 is 3.50. The van der Waals surface area contributed by atoms with Gasteiger partial charge >= 0.3 is 0 Å². The van der Waals surface area contributed by atoms with Gasteiger partial charge in [0.15, 0.2) is 0 Å². The van der Waals surface area contributed by atoms with Crippen LogP contribution in [0.1, 0.15) is 39.8 Å². The van der Waals surface area contributed by atoms with Crippen LogP contribution in [0.15, 0.2) is 41.3 Å². The Hall–Kier alpha value is -2.78. The number of nitrogens with two attached hydrogens (primary N) is 1. The van der Waals surface area contributed by atoms with Gasteiger partial charge in [-0.25, -0.2) is 9.97 Å². The second-order valence-corrected chi connectivity index (χ2v) is 7.75. The third-order valence-corrected chi connectivity index (χ3v) is 5.85. The molecule has 0 spiro atoms. The first-order valence-electron chi connectivity index (χ1n) is 8.92. The Morgan fingerprint density at radius 3 is 2.57 bits per heavy atom. The third kappa shape index (κ3) is 2.54. The first-order chi connectivity index (χ1) is 13.5. The molecule has 0 bridgehead atoms. The number of carbonyl (C=O) groups excluding carboxylic acids is 2. The Bertz CT molecular complexity index is 1090. The normalized spacial score (nSPS) is 21.7. The molecular weight excluding hydrogens is 426 g/mol. The maximum absolute atomic E-state index is 12.6. The Morgan fingerprint density at radius 1 is 1.14 bits per heavy atom. The quantitative estimate of drug-likeness (QED) is 0.626. The lowest BCUT2D eigenvalue weighted by Gasteiger charge is -2.20. The summed E-state index contributed by atoms with van der Waals surface area (Å²) < 4.78 is 8.88. The number of imide groups is 1. The number of ether oxygens (including phenoxy) is 1. The first-order valence-corrected chi connectivity index (χ1v) is 9.71. The van der Waals surface area contributed by atoms with E-state index in [1.807, 2.05) is 10.8 Å². The molecule has 2 amide bonds. The number of rotatable bonds is 3. The number of amides is 2. The molecule has 2 atom stereocenters. The summed E-state index contributed by atoms with van der Waals surface area (Å²) in [5, 5.41) is 0.745. The molecule has 2 unspecified atom stereocenters. The lowest BCUT2D eigenvalue weighted by atomic mass is 10.1. The first kappa shape index (κ1) is 17.3. The van der Waals surface area contributed by atoms with Crippen molar-refractivity contribution in [3.8, 4) is 0 Å². The lowest BCUT2D eigenvalue weighted by Crippen LogP contribution is -2.36. The van der Waals surface area contributed by atoms with Crippen LogP contribution in [-0.2, 0) is 4.74 Å². The Morgan fingerprint density at radius 2 is 1.86 bits per heavy atom. The van der Waals surface area contributed by atoms with Crippen LogP contribution in [0, 0.1) is 0 Å². The summed E-state index contributed by atoms with van der Waals surface area (Å²) in [5.74, 6) is -0.124. The number of hydrogen-bond donors (Lipinski definition) is 1. The monoisotopic (exact) mass is 441 g/mol.